The molecule has 0 aliphatic rings. The van der Waals surface area contributed by atoms with Crippen molar-refractivity contribution >= 4 is 0 Å². The number of hydrogen-bond donors (Lipinski definition) is 0. The zero-order chi connectivity index (χ0) is 7.94. The van der Waals surface area contributed by atoms with Gasteiger partial charge in [-0.25, -0.2) is 0 Å². The van der Waals surface area contributed by atoms with Crippen molar-refractivity contribution in [3.05, 3.63) is 30.3 Å². The summed E-state index contributed by atoms with van der Waals surface area (Å²) in [5.74, 6) is 0.838. The van der Waals surface area contributed by atoms with Crippen LogP contribution in [-0.4, -0.2) is 20.3 Å². The third-order valence-electron chi connectivity index (χ3n) is 1.23. The summed E-state index contributed by atoms with van der Waals surface area (Å²) in [6.45, 7) is 1.21. The first-order valence-corrected chi connectivity index (χ1v) is 3.51. The van der Waals surface area contributed by atoms with E-state index in [1.807, 2.05) is 18.2 Å². The SMILES string of the molecule is COCCOc1c[c-]ccc1.[Li+]. The second-order valence-electron chi connectivity index (χ2n) is 2.08. The second kappa shape index (κ2) is 7.24. The van der Waals surface area contributed by atoms with Crippen LogP contribution < -0.4 is 23.6 Å². The molecular weight excluding hydrogens is 147 g/mol. The van der Waals surface area contributed by atoms with E-state index < -0.39 is 0 Å². The zero-order valence-corrected chi connectivity index (χ0v) is 7.54. The summed E-state index contributed by atoms with van der Waals surface area (Å²) in [5, 5.41) is 0. The molecule has 0 radical (unpaired) electrons. The Morgan fingerprint density at radius 1 is 1.42 bits per heavy atom. The minimum atomic E-state index is 0. The Labute approximate surface area is 85.1 Å². The van der Waals surface area contributed by atoms with E-state index in [2.05, 4.69) is 6.07 Å². The van der Waals surface area contributed by atoms with Gasteiger partial charge in [-0.15, -0.1) is 12.1 Å². The van der Waals surface area contributed by atoms with Crippen LogP contribution in [0.5, 0.6) is 5.75 Å². The number of ether oxygens (including phenoxy) is 2. The molecule has 0 bridgehead atoms. The van der Waals surface area contributed by atoms with Gasteiger partial charge in [0.05, 0.1) is 13.2 Å². The minimum Gasteiger partial charge on any atom is -0.549 e. The molecule has 12 heavy (non-hydrogen) atoms. The van der Waals surface area contributed by atoms with Crippen LogP contribution in [0, 0.1) is 6.07 Å². The molecule has 0 aliphatic carbocycles. The number of rotatable bonds is 4. The molecule has 60 valence electrons. The third kappa shape index (κ3) is 4.45. The van der Waals surface area contributed by atoms with Crippen molar-refractivity contribution in [2.45, 2.75) is 0 Å². The fourth-order valence-electron chi connectivity index (χ4n) is 0.709. The third-order valence-corrected chi connectivity index (χ3v) is 1.23. The first-order valence-electron chi connectivity index (χ1n) is 3.51. The maximum atomic E-state index is 5.29. The molecular formula is C9H11LiO2. The molecule has 0 saturated heterocycles. The van der Waals surface area contributed by atoms with Gasteiger partial charge in [0, 0.05) is 12.9 Å². The molecule has 0 spiro atoms. The topological polar surface area (TPSA) is 18.5 Å². The summed E-state index contributed by atoms with van der Waals surface area (Å²) in [7, 11) is 1.65. The van der Waals surface area contributed by atoms with Crippen LogP contribution in [0.3, 0.4) is 0 Å². The largest absolute Gasteiger partial charge is 1.00 e. The van der Waals surface area contributed by atoms with Crippen LogP contribution in [0.4, 0.5) is 0 Å². The summed E-state index contributed by atoms with van der Waals surface area (Å²) in [5.41, 5.74) is 0. The van der Waals surface area contributed by atoms with Crippen LogP contribution in [0.2, 0.25) is 0 Å². The molecule has 0 fully saturated rings. The number of benzene rings is 1. The van der Waals surface area contributed by atoms with E-state index in [-0.39, 0.29) is 18.9 Å². The Morgan fingerprint density at radius 3 is 2.83 bits per heavy atom. The number of hydrogen-bond acceptors (Lipinski definition) is 2. The van der Waals surface area contributed by atoms with E-state index in [4.69, 9.17) is 9.47 Å². The maximum Gasteiger partial charge on any atom is 1.00 e. The van der Waals surface area contributed by atoms with Crippen molar-refractivity contribution in [1.29, 1.82) is 0 Å². The van der Waals surface area contributed by atoms with Gasteiger partial charge < -0.3 is 9.47 Å². The molecule has 1 rings (SSSR count). The van der Waals surface area contributed by atoms with Crippen molar-refractivity contribution in [2.24, 2.45) is 0 Å². The van der Waals surface area contributed by atoms with Crippen LogP contribution in [0.15, 0.2) is 24.3 Å². The van der Waals surface area contributed by atoms with Gasteiger partial charge >= 0.3 is 18.9 Å². The molecule has 1 aromatic rings. The average molecular weight is 158 g/mol. The average Bonchev–Trinajstić information content (AvgIpc) is 2.07. The van der Waals surface area contributed by atoms with E-state index in [0.29, 0.717) is 13.2 Å². The fourth-order valence-corrected chi connectivity index (χ4v) is 0.709. The van der Waals surface area contributed by atoms with Crippen LogP contribution in [0.25, 0.3) is 0 Å². The molecule has 3 heteroatoms. The Balaban J connectivity index is 0.00000121. The van der Waals surface area contributed by atoms with E-state index in [1.54, 1.807) is 13.2 Å². The maximum absolute atomic E-state index is 5.29. The standard InChI is InChI=1S/C9H11O2.Li/c1-10-7-8-11-9-5-3-2-4-6-9;/h2-3,5-6H,7-8H2,1H3;/q-1;+1. The van der Waals surface area contributed by atoms with Crippen molar-refractivity contribution in [1.82, 2.24) is 0 Å². The predicted molar refractivity (Wildman–Crippen MR) is 42.6 cm³/mol. The first-order chi connectivity index (χ1) is 5.43. The Morgan fingerprint density at radius 2 is 2.25 bits per heavy atom. The summed E-state index contributed by atoms with van der Waals surface area (Å²) in [6.07, 6.45) is 0. The summed E-state index contributed by atoms with van der Waals surface area (Å²) >= 11 is 0. The van der Waals surface area contributed by atoms with Gasteiger partial charge in [0.15, 0.2) is 0 Å². The second-order valence-corrected chi connectivity index (χ2v) is 2.08. The quantitative estimate of drug-likeness (QED) is 0.302. The van der Waals surface area contributed by atoms with Crippen molar-refractivity contribution in [3.8, 4) is 5.75 Å². The van der Waals surface area contributed by atoms with E-state index >= 15 is 0 Å². The van der Waals surface area contributed by atoms with Crippen molar-refractivity contribution in [3.63, 3.8) is 0 Å². The Bertz CT molecular complexity index is 189. The van der Waals surface area contributed by atoms with Crippen molar-refractivity contribution in [2.75, 3.05) is 20.3 Å². The van der Waals surface area contributed by atoms with E-state index in [1.165, 1.54) is 0 Å². The minimum absolute atomic E-state index is 0. The number of methoxy groups -OCH3 is 1. The van der Waals surface area contributed by atoms with Gasteiger partial charge in [-0.1, -0.05) is 0 Å². The summed E-state index contributed by atoms with van der Waals surface area (Å²) in [6, 6.07) is 10.3. The molecule has 0 atom stereocenters. The molecule has 0 heterocycles. The first kappa shape index (κ1) is 11.6. The van der Waals surface area contributed by atoms with Crippen LogP contribution in [-0.2, 0) is 4.74 Å². The Kier molecular flexibility index (Phi) is 6.98. The summed E-state index contributed by atoms with van der Waals surface area (Å²) in [4.78, 5) is 0. The van der Waals surface area contributed by atoms with Crippen molar-refractivity contribution < 1.29 is 28.3 Å². The molecule has 0 aliphatic heterocycles. The van der Waals surface area contributed by atoms with Gasteiger partial charge in [-0.05, 0) is 0 Å². The van der Waals surface area contributed by atoms with Gasteiger partial charge in [0.1, 0.15) is 0 Å². The van der Waals surface area contributed by atoms with Crippen LogP contribution >= 0.6 is 0 Å². The predicted octanol–water partition coefficient (Wildman–Crippen LogP) is -1.48. The summed E-state index contributed by atoms with van der Waals surface area (Å²) < 4.78 is 10.1. The van der Waals surface area contributed by atoms with Crippen LogP contribution in [0.1, 0.15) is 0 Å². The zero-order valence-electron chi connectivity index (χ0n) is 7.54. The molecule has 0 unspecified atom stereocenters. The molecule has 0 saturated carbocycles. The van der Waals surface area contributed by atoms with E-state index in [0.717, 1.165) is 5.75 Å². The smallest absolute Gasteiger partial charge is 0.549 e. The van der Waals surface area contributed by atoms with Gasteiger partial charge in [-0.2, -0.15) is 18.2 Å². The van der Waals surface area contributed by atoms with E-state index in [9.17, 15) is 0 Å². The Hall–Kier alpha value is -0.423. The van der Waals surface area contributed by atoms with Gasteiger partial charge in [0.2, 0.25) is 0 Å². The molecule has 1 aromatic carbocycles. The molecule has 2 nitrogen and oxygen atoms in total. The molecule has 0 amide bonds. The van der Waals surface area contributed by atoms with Gasteiger partial charge in [0.25, 0.3) is 0 Å². The normalized spacial score (nSPS) is 8.75. The molecule has 0 aromatic heterocycles. The fraction of sp³-hybridized carbons (Fsp3) is 0.333. The monoisotopic (exact) mass is 158 g/mol. The molecule has 0 N–H and O–H groups in total. The van der Waals surface area contributed by atoms with Gasteiger partial charge in [-0.3, -0.25) is 0 Å².